The molecule has 1 unspecified atom stereocenters. The second kappa shape index (κ2) is 16.1. The first-order valence-corrected chi connectivity index (χ1v) is 18.3. The lowest BCUT2D eigenvalue weighted by atomic mass is 9.94. The van der Waals surface area contributed by atoms with Crippen molar-refractivity contribution in [1.82, 2.24) is 10.2 Å². The predicted octanol–water partition coefficient (Wildman–Crippen LogP) is 7.95. The number of sulfonamides is 1. The van der Waals surface area contributed by atoms with E-state index in [1.54, 1.807) is 43.3 Å². The lowest BCUT2D eigenvalue weighted by Gasteiger charge is -2.35. The molecule has 0 bridgehead atoms. The normalized spacial score (nSPS) is 14.5. The summed E-state index contributed by atoms with van der Waals surface area (Å²) < 4.78 is 71.1. The Balaban J connectivity index is 1.60. The number of halogens is 4. The average Bonchev–Trinajstić information content (AvgIpc) is 3.10. The summed E-state index contributed by atoms with van der Waals surface area (Å²) in [5.41, 5.74) is 0.575. The molecule has 1 fully saturated rings. The van der Waals surface area contributed by atoms with E-state index in [1.807, 2.05) is 36.4 Å². The molecule has 50 heavy (non-hydrogen) atoms. The molecule has 1 aliphatic rings. The molecule has 4 aromatic rings. The van der Waals surface area contributed by atoms with Gasteiger partial charge in [-0.1, -0.05) is 109 Å². The number of anilines is 1. The highest BCUT2D eigenvalue weighted by atomic mass is 35.5. The number of amides is 2. The first-order valence-electron chi connectivity index (χ1n) is 16.5. The van der Waals surface area contributed by atoms with Gasteiger partial charge in [-0.15, -0.1) is 0 Å². The fourth-order valence-corrected chi connectivity index (χ4v) is 7.76. The Morgan fingerprint density at radius 2 is 1.46 bits per heavy atom. The van der Waals surface area contributed by atoms with Gasteiger partial charge in [0.05, 0.1) is 21.2 Å². The molecule has 1 atom stereocenters. The van der Waals surface area contributed by atoms with Crippen molar-refractivity contribution >= 4 is 39.1 Å². The van der Waals surface area contributed by atoms with Gasteiger partial charge in [0.15, 0.2) is 0 Å². The van der Waals surface area contributed by atoms with Crippen LogP contribution in [0.3, 0.4) is 0 Å². The van der Waals surface area contributed by atoms with E-state index in [4.69, 9.17) is 11.6 Å². The van der Waals surface area contributed by atoms with Gasteiger partial charge >= 0.3 is 6.18 Å². The molecule has 2 amide bonds. The number of hydrogen-bond donors (Lipinski definition) is 1. The van der Waals surface area contributed by atoms with Gasteiger partial charge in [-0.25, -0.2) is 8.42 Å². The number of nitrogens with zero attached hydrogens (tertiary/aromatic N) is 2. The minimum atomic E-state index is -4.90. The van der Waals surface area contributed by atoms with Gasteiger partial charge in [0.2, 0.25) is 11.8 Å². The second-order valence-electron chi connectivity index (χ2n) is 12.5. The van der Waals surface area contributed by atoms with E-state index in [0.717, 1.165) is 55.4 Å². The summed E-state index contributed by atoms with van der Waals surface area (Å²) in [5, 5.41) is 2.52. The second-order valence-corrected chi connectivity index (χ2v) is 14.8. The van der Waals surface area contributed by atoms with E-state index in [9.17, 15) is 31.2 Å². The summed E-state index contributed by atoms with van der Waals surface area (Å²) in [6, 6.07) is 25.5. The van der Waals surface area contributed by atoms with Crippen LogP contribution in [0.2, 0.25) is 5.02 Å². The minimum Gasteiger partial charge on any atom is -0.352 e. The molecule has 0 spiro atoms. The van der Waals surface area contributed by atoms with Crippen LogP contribution in [0.15, 0.2) is 108 Å². The molecule has 12 heteroatoms. The van der Waals surface area contributed by atoms with Gasteiger partial charge in [-0.05, 0) is 61.2 Å². The van der Waals surface area contributed by atoms with E-state index < -0.39 is 51.0 Å². The van der Waals surface area contributed by atoms with E-state index >= 15 is 0 Å². The van der Waals surface area contributed by atoms with Gasteiger partial charge in [-0.2, -0.15) is 13.2 Å². The van der Waals surface area contributed by atoms with Crippen molar-refractivity contribution in [1.29, 1.82) is 0 Å². The highest BCUT2D eigenvalue weighted by Gasteiger charge is 2.38. The van der Waals surface area contributed by atoms with Crippen LogP contribution in [0.4, 0.5) is 18.9 Å². The maximum absolute atomic E-state index is 14.6. The number of hydrogen-bond acceptors (Lipinski definition) is 4. The van der Waals surface area contributed by atoms with Crippen LogP contribution in [0.25, 0.3) is 0 Å². The molecule has 264 valence electrons. The van der Waals surface area contributed by atoms with Crippen LogP contribution in [0, 0.1) is 6.92 Å². The molecule has 1 N–H and O–H groups in total. The maximum Gasteiger partial charge on any atom is 0.417 e. The van der Waals surface area contributed by atoms with Gasteiger partial charge in [0, 0.05) is 19.0 Å². The van der Waals surface area contributed by atoms with Gasteiger partial charge in [0.1, 0.15) is 12.6 Å². The van der Waals surface area contributed by atoms with Crippen molar-refractivity contribution in [2.45, 2.75) is 75.1 Å². The summed E-state index contributed by atoms with van der Waals surface area (Å²) in [6.07, 6.45) is -0.157. The number of benzene rings is 4. The fourth-order valence-electron chi connectivity index (χ4n) is 6.13. The molecule has 0 aromatic heterocycles. The number of rotatable bonds is 12. The van der Waals surface area contributed by atoms with Crippen molar-refractivity contribution in [2.24, 2.45) is 0 Å². The molecule has 0 heterocycles. The highest BCUT2D eigenvalue weighted by molar-refractivity contribution is 7.92. The summed E-state index contributed by atoms with van der Waals surface area (Å²) in [7, 11) is -4.60. The number of aryl methyl sites for hydroxylation is 1. The standard InChI is InChI=1S/C38H39ClF3N3O4S/c1-27-17-20-32(21-18-27)50(48,49)45(31-19-22-34(39)33(24-31)38(40,41)42)26-36(46)44(25-29-13-7-3-8-14-29)35(23-28-11-5-2-6-12-28)37(47)43-30-15-9-4-10-16-30/h2-3,5-8,11-14,17-22,24,30,35H,4,9-10,15-16,23,25-26H2,1H3,(H,43,47). The molecule has 1 aliphatic carbocycles. The zero-order valence-electron chi connectivity index (χ0n) is 27.6. The number of alkyl halides is 3. The molecule has 7 nitrogen and oxygen atoms in total. The first-order chi connectivity index (χ1) is 23.8. The van der Waals surface area contributed by atoms with Crippen LogP contribution in [-0.2, 0) is 38.8 Å². The first kappa shape index (κ1) is 36.9. The Labute approximate surface area is 296 Å². The lowest BCUT2D eigenvalue weighted by Crippen LogP contribution is -2.55. The summed E-state index contributed by atoms with van der Waals surface area (Å²) in [5.74, 6) is -1.16. The quantitative estimate of drug-likeness (QED) is 0.161. The van der Waals surface area contributed by atoms with Crippen LogP contribution in [-0.4, -0.2) is 43.8 Å². The van der Waals surface area contributed by atoms with Crippen LogP contribution in [0.5, 0.6) is 0 Å². The maximum atomic E-state index is 14.6. The van der Waals surface area contributed by atoms with Gasteiger partial charge < -0.3 is 10.2 Å². The Bertz CT molecular complexity index is 1870. The Morgan fingerprint density at radius 1 is 0.860 bits per heavy atom. The molecule has 0 radical (unpaired) electrons. The van der Waals surface area contributed by atoms with Crippen LogP contribution in [0.1, 0.15) is 54.4 Å². The third-order valence-electron chi connectivity index (χ3n) is 8.85. The van der Waals surface area contributed by atoms with Crippen molar-refractivity contribution < 1.29 is 31.2 Å². The van der Waals surface area contributed by atoms with Gasteiger partial charge in [0.25, 0.3) is 10.0 Å². The Hall–Kier alpha value is -4.35. The molecule has 4 aromatic carbocycles. The monoisotopic (exact) mass is 725 g/mol. The van der Waals surface area contributed by atoms with E-state index in [1.165, 1.54) is 17.0 Å². The molecular formula is C38H39ClF3N3O4S. The molecule has 0 saturated heterocycles. The molecule has 5 rings (SSSR count). The molecule has 0 aliphatic heterocycles. The minimum absolute atomic E-state index is 0.0535. The van der Waals surface area contributed by atoms with E-state index in [2.05, 4.69) is 5.32 Å². The fraction of sp³-hybridized carbons (Fsp3) is 0.316. The Morgan fingerprint density at radius 3 is 2.06 bits per heavy atom. The van der Waals surface area contributed by atoms with Crippen LogP contribution >= 0.6 is 11.6 Å². The third kappa shape index (κ3) is 9.25. The molecular weight excluding hydrogens is 687 g/mol. The summed E-state index contributed by atoms with van der Waals surface area (Å²) in [6.45, 7) is 0.825. The van der Waals surface area contributed by atoms with Crippen molar-refractivity contribution in [3.63, 3.8) is 0 Å². The predicted molar refractivity (Wildman–Crippen MR) is 188 cm³/mol. The average molecular weight is 726 g/mol. The highest BCUT2D eigenvalue weighted by Crippen LogP contribution is 2.38. The Kier molecular flexibility index (Phi) is 11.9. The zero-order chi connectivity index (χ0) is 35.9. The topological polar surface area (TPSA) is 86.8 Å². The van der Waals surface area contributed by atoms with E-state index in [0.29, 0.717) is 15.9 Å². The van der Waals surface area contributed by atoms with Gasteiger partial charge in [-0.3, -0.25) is 13.9 Å². The number of carbonyl (C=O) groups excluding carboxylic acids is 2. The van der Waals surface area contributed by atoms with Crippen molar-refractivity contribution in [3.05, 3.63) is 130 Å². The SMILES string of the molecule is Cc1ccc(S(=O)(=O)N(CC(=O)N(Cc2ccccc2)C(Cc2ccccc2)C(=O)NC2CCCCC2)c2ccc(Cl)c(C(F)(F)F)c2)cc1. The molecule has 1 saturated carbocycles. The van der Waals surface area contributed by atoms with E-state index in [-0.39, 0.29) is 29.8 Å². The van der Waals surface area contributed by atoms with Crippen molar-refractivity contribution in [3.8, 4) is 0 Å². The smallest absolute Gasteiger partial charge is 0.352 e. The largest absolute Gasteiger partial charge is 0.417 e. The third-order valence-corrected chi connectivity index (χ3v) is 11.0. The van der Waals surface area contributed by atoms with Crippen LogP contribution < -0.4 is 9.62 Å². The number of carbonyl (C=O) groups is 2. The lowest BCUT2D eigenvalue weighted by molar-refractivity contribution is -0.140. The summed E-state index contributed by atoms with van der Waals surface area (Å²) in [4.78, 5) is 29.9. The summed E-state index contributed by atoms with van der Waals surface area (Å²) >= 11 is 5.91. The number of nitrogens with one attached hydrogen (secondary N) is 1. The zero-order valence-corrected chi connectivity index (χ0v) is 29.1. The van der Waals surface area contributed by atoms with Crippen molar-refractivity contribution in [2.75, 3.05) is 10.8 Å².